The minimum Gasteiger partial charge on any atom is -0.463 e. The van der Waals surface area contributed by atoms with Crippen LogP contribution in [0.5, 0.6) is 0 Å². The molecule has 0 aromatic carbocycles. The number of carbonyl (C=O) groups excluding carboxylic acids is 3. The lowest BCUT2D eigenvalue weighted by Crippen LogP contribution is -2.59. The summed E-state index contributed by atoms with van der Waals surface area (Å²) in [5.74, 6) is -2.88. The van der Waals surface area contributed by atoms with Crippen molar-refractivity contribution in [3.05, 3.63) is 0 Å². The zero-order valence-electron chi connectivity index (χ0n) is 12.5. The van der Waals surface area contributed by atoms with E-state index in [1.807, 2.05) is 0 Å². The fraction of sp³-hybridized carbons (Fsp3) is 0.786. The lowest BCUT2D eigenvalue weighted by Gasteiger charge is -2.31. The molecule has 1 rings (SSSR count). The highest BCUT2D eigenvalue weighted by Gasteiger charge is 2.51. The van der Waals surface area contributed by atoms with E-state index in [1.165, 1.54) is 0 Å². The van der Waals surface area contributed by atoms with Crippen LogP contribution in [0.4, 0.5) is 0 Å². The van der Waals surface area contributed by atoms with Crippen LogP contribution in [0.2, 0.25) is 0 Å². The Kier molecular flexibility index (Phi) is 8.17. The monoisotopic (exact) mass is 397 g/mol. The van der Waals surface area contributed by atoms with Gasteiger partial charge in [-0.15, -0.1) is 11.6 Å². The number of halogens is 2. The molecule has 22 heavy (non-hydrogen) atoms. The summed E-state index contributed by atoms with van der Waals surface area (Å²) in [7, 11) is 0. The van der Waals surface area contributed by atoms with Gasteiger partial charge in [-0.3, -0.25) is 9.59 Å². The van der Waals surface area contributed by atoms with Gasteiger partial charge in [-0.05, 0) is 19.8 Å². The molecule has 1 aliphatic rings. The lowest BCUT2D eigenvalue weighted by atomic mass is 9.94. The Balaban J connectivity index is 2.92. The first-order valence-corrected chi connectivity index (χ1v) is 8.97. The van der Waals surface area contributed by atoms with Gasteiger partial charge >= 0.3 is 11.9 Å². The number of esters is 2. The van der Waals surface area contributed by atoms with Crippen LogP contribution in [0, 0.1) is 0 Å². The van der Waals surface area contributed by atoms with E-state index in [1.54, 1.807) is 6.92 Å². The Hall–Kier alpha value is -0.820. The third-order valence-electron chi connectivity index (χ3n) is 3.50. The molecule has 0 heterocycles. The van der Waals surface area contributed by atoms with Crippen LogP contribution < -0.4 is 5.32 Å². The molecule has 6 nitrogen and oxygen atoms in total. The van der Waals surface area contributed by atoms with Crippen LogP contribution in [0.3, 0.4) is 0 Å². The molecule has 0 radical (unpaired) electrons. The quantitative estimate of drug-likeness (QED) is 0.402. The Morgan fingerprint density at radius 1 is 1.27 bits per heavy atom. The molecule has 1 atom stereocenters. The van der Waals surface area contributed by atoms with Crippen molar-refractivity contribution < 1.29 is 23.9 Å². The zero-order chi connectivity index (χ0) is 16.6. The van der Waals surface area contributed by atoms with Crippen LogP contribution in [0.15, 0.2) is 0 Å². The number of carbonyl (C=O) groups is 3. The van der Waals surface area contributed by atoms with E-state index >= 15 is 0 Å². The van der Waals surface area contributed by atoms with Crippen molar-refractivity contribution >= 4 is 45.4 Å². The molecule has 1 aliphatic carbocycles. The van der Waals surface area contributed by atoms with Gasteiger partial charge < -0.3 is 14.8 Å². The molecule has 0 bridgehead atoms. The topological polar surface area (TPSA) is 81.7 Å². The summed E-state index contributed by atoms with van der Waals surface area (Å²) in [6.45, 7) is 1.68. The SMILES string of the molecule is CCOC(=O)C(CBr)(OC(=O)CCl)C(=O)NC1CCCCC1. The largest absolute Gasteiger partial charge is 0.463 e. The Bertz CT molecular complexity index is 414. The predicted molar refractivity (Wildman–Crippen MR) is 85.0 cm³/mol. The molecule has 1 fully saturated rings. The maximum Gasteiger partial charge on any atom is 0.361 e. The second-order valence-corrected chi connectivity index (χ2v) is 5.93. The summed E-state index contributed by atoms with van der Waals surface area (Å²) in [4.78, 5) is 36.3. The van der Waals surface area contributed by atoms with Crippen molar-refractivity contribution in [3.8, 4) is 0 Å². The van der Waals surface area contributed by atoms with Crippen molar-refractivity contribution in [2.75, 3.05) is 17.8 Å². The van der Waals surface area contributed by atoms with E-state index < -0.39 is 29.3 Å². The highest BCUT2D eigenvalue weighted by molar-refractivity contribution is 9.09. The highest BCUT2D eigenvalue weighted by atomic mass is 79.9. The Morgan fingerprint density at radius 2 is 1.91 bits per heavy atom. The molecular weight excluding hydrogens is 378 g/mol. The molecule has 126 valence electrons. The van der Waals surface area contributed by atoms with Gasteiger partial charge in [0.2, 0.25) is 0 Å². The molecule has 1 amide bonds. The fourth-order valence-electron chi connectivity index (χ4n) is 2.34. The summed E-state index contributed by atoms with van der Waals surface area (Å²) in [5, 5.41) is 2.59. The number of alkyl halides is 2. The van der Waals surface area contributed by atoms with Crippen LogP contribution in [0.1, 0.15) is 39.0 Å². The van der Waals surface area contributed by atoms with E-state index in [9.17, 15) is 14.4 Å². The summed E-state index contributed by atoms with van der Waals surface area (Å²) < 4.78 is 9.95. The second kappa shape index (κ2) is 9.35. The maximum absolute atomic E-state index is 12.6. The Labute approximate surface area is 143 Å². The number of rotatable bonds is 7. The first-order valence-electron chi connectivity index (χ1n) is 7.32. The van der Waals surface area contributed by atoms with E-state index in [4.69, 9.17) is 21.1 Å². The minimum atomic E-state index is -2.04. The second-order valence-electron chi connectivity index (χ2n) is 5.10. The van der Waals surface area contributed by atoms with E-state index in [0.29, 0.717) is 0 Å². The zero-order valence-corrected chi connectivity index (χ0v) is 14.9. The van der Waals surface area contributed by atoms with Crippen LogP contribution in [-0.4, -0.2) is 47.3 Å². The molecular formula is C14H21BrClNO5. The molecule has 8 heteroatoms. The maximum atomic E-state index is 12.6. The molecule has 0 saturated heterocycles. The van der Waals surface area contributed by atoms with E-state index in [-0.39, 0.29) is 18.0 Å². The number of hydrogen-bond donors (Lipinski definition) is 1. The van der Waals surface area contributed by atoms with E-state index in [0.717, 1.165) is 32.1 Å². The van der Waals surface area contributed by atoms with Gasteiger partial charge in [0.05, 0.1) is 11.9 Å². The highest BCUT2D eigenvalue weighted by Crippen LogP contribution is 2.22. The van der Waals surface area contributed by atoms with Crippen molar-refractivity contribution in [3.63, 3.8) is 0 Å². The average Bonchev–Trinajstić information content (AvgIpc) is 2.53. The smallest absolute Gasteiger partial charge is 0.361 e. The van der Waals surface area contributed by atoms with Gasteiger partial charge in [-0.1, -0.05) is 35.2 Å². The summed E-state index contributed by atoms with van der Waals surface area (Å²) >= 11 is 8.50. The first-order chi connectivity index (χ1) is 10.5. The van der Waals surface area contributed by atoms with Crippen molar-refractivity contribution in [1.29, 1.82) is 0 Å². The Morgan fingerprint density at radius 3 is 2.41 bits per heavy atom. The minimum absolute atomic E-state index is 0.0243. The predicted octanol–water partition coefficient (Wildman–Crippen LogP) is 1.91. The molecule has 1 N–H and O–H groups in total. The number of hydrogen-bond acceptors (Lipinski definition) is 5. The van der Waals surface area contributed by atoms with E-state index in [2.05, 4.69) is 21.2 Å². The van der Waals surface area contributed by atoms with Crippen molar-refractivity contribution in [1.82, 2.24) is 5.32 Å². The number of amides is 1. The first kappa shape index (κ1) is 19.2. The van der Waals surface area contributed by atoms with Gasteiger partial charge in [0.25, 0.3) is 11.5 Å². The van der Waals surface area contributed by atoms with Gasteiger partial charge in [0, 0.05) is 6.04 Å². The summed E-state index contributed by atoms with van der Waals surface area (Å²) in [6.07, 6.45) is 4.86. The molecule has 0 aliphatic heterocycles. The molecule has 1 unspecified atom stereocenters. The van der Waals surface area contributed by atoms with Crippen molar-refractivity contribution in [2.45, 2.75) is 50.7 Å². The standard InChI is InChI=1S/C14H21BrClNO5/c1-2-21-13(20)14(9-15,22-11(18)8-16)12(19)17-10-6-4-3-5-7-10/h10H,2-9H2,1H3,(H,17,19). The molecule has 0 aromatic heterocycles. The molecule has 0 aromatic rings. The van der Waals surface area contributed by atoms with Gasteiger partial charge in [0.1, 0.15) is 5.88 Å². The van der Waals surface area contributed by atoms with Crippen molar-refractivity contribution in [2.24, 2.45) is 0 Å². The molecule has 1 saturated carbocycles. The average molecular weight is 399 g/mol. The van der Waals surface area contributed by atoms with Crippen LogP contribution in [0.25, 0.3) is 0 Å². The number of ether oxygens (including phenoxy) is 2. The molecule has 0 spiro atoms. The van der Waals surface area contributed by atoms with Gasteiger partial charge in [0.15, 0.2) is 0 Å². The third-order valence-corrected chi connectivity index (χ3v) is 4.51. The normalized spacial score (nSPS) is 18.1. The van der Waals surface area contributed by atoms with Crippen LogP contribution >= 0.6 is 27.5 Å². The summed E-state index contributed by atoms with van der Waals surface area (Å²) in [6, 6.07) is -0.0243. The summed E-state index contributed by atoms with van der Waals surface area (Å²) in [5.41, 5.74) is -2.04. The van der Waals surface area contributed by atoms with Crippen LogP contribution in [-0.2, 0) is 23.9 Å². The lowest BCUT2D eigenvalue weighted by molar-refractivity contribution is -0.182. The van der Waals surface area contributed by atoms with Gasteiger partial charge in [-0.2, -0.15) is 0 Å². The van der Waals surface area contributed by atoms with Gasteiger partial charge in [-0.25, -0.2) is 4.79 Å². The fourth-order valence-corrected chi connectivity index (χ4v) is 2.99. The number of nitrogens with one attached hydrogen (secondary N) is 1. The third kappa shape index (κ3) is 4.84.